The van der Waals surface area contributed by atoms with Crippen LogP contribution in [0.5, 0.6) is 0 Å². The number of nitro groups is 1. The average Bonchev–Trinajstić information content (AvgIpc) is 2.76. The zero-order valence-electron chi connectivity index (χ0n) is 13.3. The van der Waals surface area contributed by atoms with Gasteiger partial charge in [-0.15, -0.1) is 6.58 Å². The van der Waals surface area contributed by atoms with Crippen molar-refractivity contribution in [3.05, 3.63) is 22.8 Å². The van der Waals surface area contributed by atoms with E-state index in [4.69, 9.17) is 0 Å². The first-order valence-corrected chi connectivity index (χ1v) is 7.66. The highest BCUT2D eigenvalue weighted by Gasteiger charge is 2.51. The molecule has 2 N–H and O–H groups in total. The molecular weight excluding hydrogens is 286 g/mol. The quantitative estimate of drug-likeness (QED) is 0.305. The highest BCUT2D eigenvalue weighted by atomic mass is 16.6. The minimum atomic E-state index is -1.07. The van der Waals surface area contributed by atoms with Crippen molar-refractivity contribution in [1.29, 1.82) is 0 Å². The molecule has 7 nitrogen and oxygen atoms in total. The summed E-state index contributed by atoms with van der Waals surface area (Å²) in [6, 6.07) is 0. The summed E-state index contributed by atoms with van der Waals surface area (Å²) in [5, 5.41) is 16.4. The van der Waals surface area contributed by atoms with Crippen LogP contribution in [0.4, 0.5) is 0 Å². The van der Waals surface area contributed by atoms with Gasteiger partial charge >= 0.3 is 0 Å². The molecule has 0 aliphatic heterocycles. The SMILES string of the molecule is C=C[C@H]1C[C@](NC(C)=O)(C(=O)NCCCC)CC1C[N+](=O)[O-]. The predicted molar refractivity (Wildman–Crippen MR) is 82.7 cm³/mol. The minimum Gasteiger partial charge on any atom is -0.354 e. The van der Waals surface area contributed by atoms with Crippen molar-refractivity contribution in [2.45, 2.75) is 45.1 Å². The Kier molecular flexibility index (Phi) is 6.52. The lowest BCUT2D eigenvalue weighted by atomic mass is 9.94. The molecule has 1 rings (SSSR count). The van der Waals surface area contributed by atoms with Crippen molar-refractivity contribution < 1.29 is 14.5 Å². The number of hydrogen-bond donors (Lipinski definition) is 2. The van der Waals surface area contributed by atoms with Gasteiger partial charge in [0.05, 0.1) is 0 Å². The van der Waals surface area contributed by atoms with Gasteiger partial charge in [0, 0.05) is 24.3 Å². The van der Waals surface area contributed by atoms with Gasteiger partial charge in [0.15, 0.2) is 0 Å². The van der Waals surface area contributed by atoms with E-state index in [0.717, 1.165) is 12.8 Å². The monoisotopic (exact) mass is 311 g/mol. The van der Waals surface area contributed by atoms with Crippen LogP contribution in [0.15, 0.2) is 12.7 Å². The summed E-state index contributed by atoms with van der Waals surface area (Å²) in [6.07, 6.45) is 4.07. The van der Waals surface area contributed by atoms with Crippen LogP contribution in [0.2, 0.25) is 0 Å². The van der Waals surface area contributed by atoms with E-state index in [1.165, 1.54) is 6.92 Å². The zero-order valence-corrected chi connectivity index (χ0v) is 13.3. The third kappa shape index (κ3) is 4.54. The van der Waals surface area contributed by atoms with Gasteiger partial charge in [0.25, 0.3) is 0 Å². The molecule has 3 atom stereocenters. The number of amides is 2. The van der Waals surface area contributed by atoms with Gasteiger partial charge < -0.3 is 10.6 Å². The van der Waals surface area contributed by atoms with Crippen LogP contribution < -0.4 is 10.6 Å². The van der Waals surface area contributed by atoms with Gasteiger partial charge in [0.1, 0.15) is 5.54 Å². The lowest BCUT2D eigenvalue weighted by molar-refractivity contribution is -0.489. The molecule has 1 aliphatic carbocycles. The number of carbonyl (C=O) groups is 2. The molecule has 1 unspecified atom stereocenters. The van der Waals surface area contributed by atoms with E-state index in [0.29, 0.717) is 13.0 Å². The molecule has 7 heteroatoms. The van der Waals surface area contributed by atoms with Crippen LogP contribution in [-0.4, -0.2) is 35.4 Å². The van der Waals surface area contributed by atoms with Crippen LogP contribution in [0.1, 0.15) is 39.5 Å². The van der Waals surface area contributed by atoms with Crippen molar-refractivity contribution in [3.63, 3.8) is 0 Å². The predicted octanol–water partition coefficient (Wildman–Crippen LogP) is 1.27. The summed E-state index contributed by atoms with van der Waals surface area (Å²) >= 11 is 0. The number of rotatable bonds is 8. The summed E-state index contributed by atoms with van der Waals surface area (Å²) in [7, 11) is 0. The van der Waals surface area contributed by atoms with E-state index in [-0.39, 0.29) is 41.5 Å². The first-order valence-electron chi connectivity index (χ1n) is 7.66. The fraction of sp³-hybridized carbons (Fsp3) is 0.733. The van der Waals surface area contributed by atoms with Gasteiger partial charge in [-0.05, 0) is 25.2 Å². The van der Waals surface area contributed by atoms with E-state index < -0.39 is 5.54 Å². The van der Waals surface area contributed by atoms with Crippen LogP contribution in [0.25, 0.3) is 0 Å². The third-order valence-corrected chi connectivity index (χ3v) is 4.15. The average molecular weight is 311 g/mol. The molecule has 0 aromatic rings. The molecular formula is C15H25N3O4. The highest BCUT2D eigenvalue weighted by molar-refractivity contribution is 5.91. The van der Waals surface area contributed by atoms with Crippen LogP contribution >= 0.6 is 0 Å². The Bertz CT molecular complexity index is 452. The molecule has 1 fully saturated rings. The van der Waals surface area contributed by atoms with Gasteiger partial charge in [-0.3, -0.25) is 19.7 Å². The molecule has 0 heterocycles. The Morgan fingerprint density at radius 1 is 1.45 bits per heavy atom. The Morgan fingerprint density at radius 2 is 2.14 bits per heavy atom. The second-order valence-corrected chi connectivity index (χ2v) is 5.96. The summed E-state index contributed by atoms with van der Waals surface area (Å²) in [6.45, 7) is 7.40. The summed E-state index contributed by atoms with van der Waals surface area (Å²) < 4.78 is 0. The van der Waals surface area contributed by atoms with Crippen molar-refractivity contribution in [1.82, 2.24) is 10.6 Å². The van der Waals surface area contributed by atoms with Crippen molar-refractivity contribution in [3.8, 4) is 0 Å². The van der Waals surface area contributed by atoms with E-state index in [1.54, 1.807) is 6.08 Å². The molecule has 0 saturated heterocycles. The van der Waals surface area contributed by atoms with Gasteiger partial charge in [-0.25, -0.2) is 0 Å². The van der Waals surface area contributed by atoms with Gasteiger partial charge in [-0.2, -0.15) is 0 Å². The fourth-order valence-corrected chi connectivity index (χ4v) is 3.15. The lowest BCUT2D eigenvalue weighted by Crippen LogP contribution is -2.57. The molecule has 0 aromatic heterocycles. The second-order valence-electron chi connectivity index (χ2n) is 5.96. The number of hydrogen-bond acceptors (Lipinski definition) is 4. The third-order valence-electron chi connectivity index (χ3n) is 4.15. The Hall–Kier alpha value is -1.92. The summed E-state index contributed by atoms with van der Waals surface area (Å²) in [5.74, 6) is -1.02. The van der Waals surface area contributed by atoms with Crippen molar-refractivity contribution in [2.75, 3.05) is 13.1 Å². The molecule has 0 spiro atoms. The maximum atomic E-state index is 12.5. The Labute approximate surface area is 130 Å². The van der Waals surface area contributed by atoms with Crippen LogP contribution in [0, 0.1) is 22.0 Å². The normalized spacial score (nSPS) is 27.2. The number of allylic oxidation sites excluding steroid dienone is 1. The Balaban J connectivity index is 2.92. The molecule has 0 radical (unpaired) electrons. The maximum absolute atomic E-state index is 12.5. The molecule has 1 saturated carbocycles. The number of nitrogens with zero attached hydrogens (tertiary/aromatic N) is 1. The molecule has 124 valence electrons. The summed E-state index contributed by atoms with van der Waals surface area (Å²) in [4.78, 5) is 34.5. The fourth-order valence-electron chi connectivity index (χ4n) is 3.15. The van der Waals surface area contributed by atoms with E-state index >= 15 is 0 Å². The minimum absolute atomic E-state index is 0.158. The van der Waals surface area contributed by atoms with E-state index in [2.05, 4.69) is 17.2 Å². The number of carbonyl (C=O) groups excluding carboxylic acids is 2. The molecule has 0 bridgehead atoms. The van der Waals surface area contributed by atoms with Gasteiger partial charge in [0.2, 0.25) is 18.4 Å². The number of nitrogens with one attached hydrogen (secondary N) is 2. The topological polar surface area (TPSA) is 101 Å². The van der Waals surface area contributed by atoms with Crippen LogP contribution in [0.3, 0.4) is 0 Å². The highest BCUT2D eigenvalue weighted by Crippen LogP contribution is 2.40. The van der Waals surface area contributed by atoms with Gasteiger partial charge in [-0.1, -0.05) is 19.4 Å². The van der Waals surface area contributed by atoms with Crippen LogP contribution in [-0.2, 0) is 9.59 Å². The number of unbranched alkanes of at least 4 members (excludes halogenated alkanes) is 1. The largest absolute Gasteiger partial charge is 0.354 e. The maximum Gasteiger partial charge on any atom is 0.245 e. The molecule has 2 amide bonds. The van der Waals surface area contributed by atoms with E-state index in [9.17, 15) is 19.7 Å². The summed E-state index contributed by atoms with van der Waals surface area (Å²) in [5.41, 5.74) is -1.07. The molecule has 22 heavy (non-hydrogen) atoms. The lowest BCUT2D eigenvalue weighted by Gasteiger charge is -2.29. The van der Waals surface area contributed by atoms with Crippen molar-refractivity contribution in [2.24, 2.45) is 11.8 Å². The van der Waals surface area contributed by atoms with Crippen molar-refractivity contribution >= 4 is 11.8 Å². The standard InChI is InChI=1S/C15H25N3O4/c1-4-6-7-16-14(20)15(17-11(3)19)8-12(5-2)13(9-15)10-18(21)22/h5,12-13H,2,4,6-10H2,1,3H3,(H,16,20)(H,17,19)/t12-,13?,15+/m0/s1. The molecule has 1 aliphatic rings. The smallest absolute Gasteiger partial charge is 0.245 e. The Morgan fingerprint density at radius 3 is 2.64 bits per heavy atom. The van der Waals surface area contributed by atoms with E-state index in [1.807, 2.05) is 6.92 Å². The first kappa shape index (κ1) is 18.1. The first-order chi connectivity index (χ1) is 10.3. The second kappa shape index (κ2) is 7.91. The molecule has 0 aromatic carbocycles. The zero-order chi connectivity index (χ0) is 16.8.